The lowest BCUT2D eigenvalue weighted by Crippen LogP contribution is -1.99. The van der Waals surface area contributed by atoms with Gasteiger partial charge in [0.15, 0.2) is 0 Å². The Balaban J connectivity index is 2.75. The summed E-state index contributed by atoms with van der Waals surface area (Å²) in [7, 11) is 2.08. The van der Waals surface area contributed by atoms with E-state index in [1.165, 1.54) is 5.52 Å². The van der Waals surface area contributed by atoms with Crippen LogP contribution in [-0.4, -0.2) is 14.5 Å². The molecule has 0 aliphatic carbocycles. The van der Waals surface area contributed by atoms with Crippen molar-refractivity contribution in [3.05, 3.63) is 23.8 Å². The maximum atomic E-state index is 4.73. The van der Waals surface area contributed by atoms with Gasteiger partial charge in [-0.1, -0.05) is 27.7 Å². The first kappa shape index (κ1) is 11.1. The third-order valence-electron chi connectivity index (χ3n) is 2.93. The molecule has 0 aromatic carbocycles. The minimum absolute atomic E-state index is 0.415. The number of imidazole rings is 1. The fraction of sp³-hybridized carbons (Fsp3) is 0.538. The van der Waals surface area contributed by atoms with Crippen molar-refractivity contribution in [2.75, 3.05) is 0 Å². The first-order valence-corrected chi connectivity index (χ1v) is 5.83. The molecule has 2 heterocycles. The predicted molar refractivity (Wildman–Crippen MR) is 66.7 cm³/mol. The van der Waals surface area contributed by atoms with Gasteiger partial charge in [-0.25, -0.2) is 4.98 Å². The number of rotatable bonds is 2. The second kappa shape index (κ2) is 3.89. The highest BCUT2D eigenvalue weighted by Gasteiger charge is 2.15. The molecule has 2 aromatic rings. The van der Waals surface area contributed by atoms with Crippen LogP contribution in [0, 0.1) is 0 Å². The van der Waals surface area contributed by atoms with Crippen LogP contribution in [0.2, 0.25) is 0 Å². The van der Waals surface area contributed by atoms with Gasteiger partial charge in [-0.2, -0.15) is 0 Å². The molecule has 0 unspecified atom stereocenters. The van der Waals surface area contributed by atoms with Crippen molar-refractivity contribution in [3.8, 4) is 0 Å². The second-order valence-corrected chi connectivity index (χ2v) is 4.90. The van der Waals surface area contributed by atoms with Crippen LogP contribution in [0.25, 0.3) is 11.0 Å². The summed E-state index contributed by atoms with van der Waals surface area (Å²) in [5, 5.41) is 0. The van der Waals surface area contributed by atoms with Crippen LogP contribution in [0.15, 0.2) is 12.3 Å². The molecule has 0 radical (unpaired) electrons. The van der Waals surface area contributed by atoms with E-state index in [1.54, 1.807) is 0 Å². The van der Waals surface area contributed by atoms with Gasteiger partial charge in [0, 0.05) is 19.2 Å². The second-order valence-electron chi connectivity index (χ2n) is 4.90. The van der Waals surface area contributed by atoms with Crippen molar-refractivity contribution in [2.24, 2.45) is 7.05 Å². The molecule has 2 aromatic heterocycles. The summed E-state index contributed by atoms with van der Waals surface area (Å²) in [5.74, 6) is 1.99. The van der Waals surface area contributed by atoms with Crippen LogP contribution in [0.4, 0.5) is 0 Å². The molecule has 0 amide bonds. The Morgan fingerprint density at radius 1 is 1.12 bits per heavy atom. The van der Waals surface area contributed by atoms with E-state index in [0.717, 1.165) is 17.0 Å². The highest BCUT2D eigenvalue weighted by atomic mass is 15.1. The summed E-state index contributed by atoms with van der Waals surface area (Å²) < 4.78 is 2.17. The number of nitrogens with zero attached hydrogens (tertiary/aromatic N) is 3. The highest BCUT2D eigenvalue weighted by molar-refractivity contribution is 5.78. The van der Waals surface area contributed by atoms with Crippen LogP contribution >= 0.6 is 0 Å². The number of hydrogen-bond acceptors (Lipinski definition) is 2. The molecule has 0 N–H and O–H groups in total. The summed E-state index contributed by atoms with van der Waals surface area (Å²) in [6, 6.07) is 2.04. The number of aryl methyl sites for hydroxylation is 1. The van der Waals surface area contributed by atoms with Gasteiger partial charge in [-0.05, 0) is 12.0 Å². The van der Waals surface area contributed by atoms with Gasteiger partial charge in [0.25, 0.3) is 0 Å². The summed E-state index contributed by atoms with van der Waals surface area (Å²) in [6.07, 6.45) is 1.88. The van der Waals surface area contributed by atoms with Crippen LogP contribution < -0.4 is 0 Å². The zero-order valence-corrected chi connectivity index (χ0v) is 10.7. The minimum atomic E-state index is 0.415. The molecule has 86 valence electrons. The first-order chi connectivity index (χ1) is 7.52. The molecule has 3 heteroatoms. The van der Waals surface area contributed by atoms with Crippen LogP contribution in [0.5, 0.6) is 0 Å². The van der Waals surface area contributed by atoms with Gasteiger partial charge in [0.05, 0.1) is 11.2 Å². The van der Waals surface area contributed by atoms with E-state index < -0.39 is 0 Å². The third kappa shape index (κ3) is 1.60. The van der Waals surface area contributed by atoms with Crippen molar-refractivity contribution in [3.63, 3.8) is 0 Å². The van der Waals surface area contributed by atoms with Crippen molar-refractivity contribution in [1.29, 1.82) is 0 Å². The van der Waals surface area contributed by atoms with Crippen LogP contribution in [0.3, 0.4) is 0 Å². The molecule has 0 saturated carbocycles. The van der Waals surface area contributed by atoms with E-state index in [2.05, 4.69) is 44.3 Å². The molecule has 0 spiro atoms. The lowest BCUT2D eigenvalue weighted by Gasteiger charge is -2.05. The molecule has 0 bridgehead atoms. The molecule has 0 aliphatic heterocycles. The van der Waals surface area contributed by atoms with Crippen molar-refractivity contribution in [1.82, 2.24) is 14.5 Å². The molecule has 2 rings (SSSR count). The largest absolute Gasteiger partial charge is 0.331 e. The third-order valence-corrected chi connectivity index (χ3v) is 2.93. The van der Waals surface area contributed by atoms with Crippen LogP contribution in [-0.2, 0) is 7.05 Å². The Hall–Kier alpha value is -1.38. The van der Waals surface area contributed by atoms with E-state index >= 15 is 0 Å². The maximum absolute atomic E-state index is 4.73. The standard InChI is InChI=1S/C13H19N3/c1-8(2)11-12-10(6-7-14-11)16(5)13(15-12)9(3)4/h6-9H,1-5H3. The lowest BCUT2D eigenvalue weighted by atomic mass is 10.1. The Morgan fingerprint density at radius 3 is 2.38 bits per heavy atom. The van der Waals surface area contributed by atoms with Gasteiger partial charge in [0.1, 0.15) is 11.3 Å². The Bertz CT molecular complexity index is 509. The molecule has 3 nitrogen and oxygen atoms in total. The Kier molecular flexibility index (Phi) is 2.70. The van der Waals surface area contributed by atoms with Gasteiger partial charge in [-0.15, -0.1) is 0 Å². The molecule has 0 saturated heterocycles. The van der Waals surface area contributed by atoms with Crippen molar-refractivity contribution < 1.29 is 0 Å². The van der Waals surface area contributed by atoms with Crippen molar-refractivity contribution >= 4 is 11.0 Å². The molecular formula is C13H19N3. The summed E-state index contributed by atoms with van der Waals surface area (Å²) in [6.45, 7) is 8.66. The van der Waals surface area contributed by atoms with Gasteiger partial charge in [0.2, 0.25) is 0 Å². The maximum Gasteiger partial charge on any atom is 0.112 e. The fourth-order valence-electron chi connectivity index (χ4n) is 2.10. The highest BCUT2D eigenvalue weighted by Crippen LogP contribution is 2.25. The molecule has 16 heavy (non-hydrogen) atoms. The average molecular weight is 217 g/mol. The normalized spacial score (nSPS) is 11.9. The first-order valence-electron chi connectivity index (χ1n) is 5.83. The number of fused-ring (bicyclic) bond motifs is 1. The molecule has 0 atom stereocenters. The average Bonchev–Trinajstić information content (AvgIpc) is 2.56. The number of pyridine rings is 1. The van der Waals surface area contributed by atoms with E-state index in [-0.39, 0.29) is 0 Å². The number of hydrogen-bond donors (Lipinski definition) is 0. The smallest absolute Gasteiger partial charge is 0.112 e. The molecule has 0 fully saturated rings. The van der Waals surface area contributed by atoms with Gasteiger partial charge >= 0.3 is 0 Å². The predicted octanol–water partition coefficient (Wildman–Crippen LogP) is 3.22. The van der Waals surface area contributed by atoms with Gasteiger partial charge in [-0.3, -0.25) is 4.98 Å². The quantitative estimate of drug-likeness (QED) is 0.773. The SMILES string of the molecule is CC(C)c1nccc2c1nc(C(C)C)n2C. The summed E-state index contributed by atoms with van der Waals surface area (Å²) >= 11 is 0. The van der Waals surface area contributed by atoms with E-state index in [0.29, 0.717) is 11.8 Å². The Morgan fingerprint density at radius 2 is 1.81 bits per heavy atom. The molecular weight excluding hydrogens is 198 g/mol. The van der Waals surface area contributed by atoms with E-state index in [4.69, 9.17) is 4.98 Å². The van der Waals surface area contributed by atoms with E-state index in [9.17, 15) is 0 Å². The summed E-state index contributed by atoms with van der Waals surface area (Å²) in [4.78, 5) is 9.18. The van der Waals surface area contributed by atoms with Crippen LogP contribution in [0.1, 0.15) is 51.0 Å². The zero-order valence-electron chi connectivity index (χ0n) is 10.7. The van der Waals surface area contributed by atoms with Gasteiger partial charge < -0.3 is 4.57 Å². The Labute approximate surface area is 96.5 Å². The summed E-state index contributed by atoms with van der Waals surface area (Å²) in [5.41, 5.74) is 3.34. The number of aromatic nitrogens is 3. The lowest BCUT2D eigenvalue weighted by molar-refractivity contribution is 0.722. The van der Waals surface area contributed by atoms with Crippen molar-refractivity contribution in [2.45, 2.75) is 39.5 Å². The topological polar surface area (TPSA) is 30.7 Å². The minimum Gasteiger partial charge on any atom is -0.331 e. The molecule has 0 aliphatic rings. The van der Waals surface area contributed by atoms with E-state index in [1.807, 2.05) is 12.3 Å². The fourth-order valence-corrected chi connectivity index (χ4v) is 2.10. The zero-order chi connectivity index (χ0) is 11.9. The monoisotopic (exact) mass is 217 g/mol.